The van der Waals surface area contributed by atoms with E-state index in [-0.39, 0.29) is 0 Å². The third-order valence-corrected chi connectivity index (χ3v) is 3.52. The number of aromatic nitrogens is 2. The maximum Gasteiger partial charge on any atom is 0.110 e. The Kier molecular flexibility index (Phi) is 4.60. The molecule has 17 heavy (non-hydrogen) atoms. The molecule has 3 nitrogen and oxygen atoms in total. The Hall–Kier alpha value is -0.830. The zero-order valence-electron chi connectivity index (χ0n) is 11.2. The van der Waals surface area contributed by atoms with Crippen molar-refractivity contribution in [1.82, 2.24) is 14.9 Å². The van der Waals surface area contributed by atoms with Gasteiger partial charge >= 0.3 is 0 Å². The molecule has 1 aromatic rings. The minimum atomic E-state index is 0.646. The van der Waals surface area contributed by atoms with Gasteiger partial charge in [0, 0.05) is 31.4 Å². The van der Waals surface area contributed by atoms with Crippen molar-refractivity contribution < 1.29 is 0 Å². The van der Waals surface area contributed by atoms with E-state index >= 15 is 0 Å². The van der Waals surface area contributed by atoms with E-state index in [9.17, 15) is 0 Å². The third kappa shape index (κ3) is 3.56. The van der Waals surface area contributed by atoms with Crippen molar-refractivity contribution in [3.05, 3.63) is 18.2 Å². The molecule has 0 radical (unpaired) electrons. The summed E-state index contributed by atoms with van der Waals surface area (Å²) >= 11 is 0. The van der Waals surface area contributed by atoms with E-state index in [2.05, 4.69) is 34.9 Å². The molecule has 96 valence electrons. The number of aryl methyl sites for hydroxylation is 1. The van der Waals surface area contributed by atoms with E-state index in [1.165, 1.54) is 31.5 Å². The topological polar surface area (TPSA) is 29.9 Å². The lowest BCUT2D eigenvalue weighted by atomic mass is 10.1. The van der Waals surface area contributed by atoms with Gasteiger partial charge in [-0.2, -0.15) is 0 Å². The van der Waals surface area contributed by atoms with Crippen LogP contribution in [0.4, 0.5) is 0 Å². The molecule has 1 aliphatic carbocycles. The highest BCUT2D eigenvalue weighted by Crippen LogP contribution is 2.33. The van der Waals surface area contributed by atoms with Crippen LogP contribution in [0.2, 0.25) is 0 Å². The van der Waals surface area contributed by atoms with Crippen molar-refractivity contribution in [3.63, 3.8) is 0 Å². The number of imidazole rings is 1. The monoisotopic (exact) mass is 235 g/mol. The van der Waals surface area contributed by atoms with Crippen LogP contribution in [-0.4, -0.2) is 22.1 Å². The second-order valence-electron chi connectivity index (χ2n) is 5.14. The Morgan fingerprint density at radius 2 is 2.24 bits per heavy atom. The van der Waals surface area contributed by atoms with Crippen LogP contribution in [0.3, 0.4) is 0 Å². The average molecular weight is 235 g/mol. The molecule has 1 N–H and O–H groups in total. The number of hydrogen-bond donors (Lipinski definition) is 1. The van der Waals surface area contributed by atoms with E-state index in [4.69, 9.17) is 0 Å². The lowest BCUT2D eigenvalue weighted by Gasteiger charge is -2.18. The van der Waals surface area contributed by atoms with Crippen molar-refractivity contribution in [1.29, 1.82) is 0 Å². The molecular formula is C14H25N3. The van der Waals surface area contributed by atoms with Crippen LogP contribution in [0.15, 0.2) is 12.4 Å². The molecule has 0 saturated heterocycles. The van der Waals surface area contributed by atoms with Gasteiger partial charge in [-0.25, -0.2) is 4.98 Å². The number of nitrogens with zero attached hydrogens (tertiary/aromatic N) is 2. The fourth-order valence-corrected chi connectivity index (χ4v) is 2.41. The van der Waals surface area contributed by atoms with Gasteiger partial charge in [0.1, 0.15) is 5.82 Å². The highest BCUT2D eigenvalue weighted by atomic mass is 15.1. The minimum absolute atomic E-state index is 0.646. The predicted molar refractivity (Wildman–Crippen MR) is 71.0 cm³/mol. The summed E-state index contributed by atoms with van der Waals surface area (Å²) in [6.07, 6.45) is 10.3. The molecule has 0 bridgehead atoms. The first kappa shape index (κ1) is 12.6. The lowest BCUT2D eigenvalue weighted by Crippen LogP contribution is -2.34. The highest BCUT2D eigenvalue weighted by Gasteiger charge is 2.31. The van der Waals surface area contributed by atoms with Gasteiger partial charge in [0.15, 0.2) is 0 Å². The van der Waals surface area contributed by atoms with E-state index in [1.807, 2.05) is 6.20 Å². The molecule has 1 fully saturated rings. The minimum Gasteiger partial charge on any atom is -0.335 e. The molecule has 1 aliphatic rings. The zero-order chi connectivity index (χ0) is 12.1. The summed E-state index contributed by atoms with van der Waals surface area (Å²) in [6.45, 7) is 6.68. The first-order valence-corrected chi connectivity index (χ1v) is 7.08. The molecule has 2 rings (SSSR count). The molecule has 3 heteroatoms. The smallest absolute Gasteiger partial charge is 0.110 e. The lowest BCUT2D eigenvalue weighted by molar-refractivity contribution is 0.443. The zero-order valence-corrected chi connectivity index (χ0v) is 11.2. The van der Waals surface area contributed by atoms with Crippen molar-refractivity contribution in [2.24, 2.45) is 5.92 Å². The van der Waals surface area contributed by atoms with Gasteiger partial charge < -0.3 is 9.88 Å². The first-order chi connectivity index (χ1) is 8.35. The fraction of sp³-hybridized carbons (Fsp3) is 0.786. The molecule has 1 saturated carbocycles. The molecule has 1 heterocycles. The third-order valence-electron chi connectivity index (χ3n) is 3.52. The fourth-order valence-electron chi connectivity index (χ4n) is 2.41. The van der Waals surface area contributed by atoms with Crippen molar-refractivity contribution in [3.8, 4) is 0 Å². The molecule has 0 spiro atoms. The average Bonchev–Trinajstić information content (AvgIpc) is 3.08. The van der Waals surface area contributed by atoms with Crippen LogP contribution < -0.4 is 5.32 Å². The molecule has 0 aliphatic heterocycles. The standard InChI is InChI=1S/C14H25N3/c1-3-7-15-13(12-5-6-12)11-14-16-8-10-17(14)9-4-2/h8,10,12-13,15H,3-7,9,11H2,1-2H3. The van der Waals surface area contributed by atoms with Crippen molar-refractivity contribution >= 4 is 0 Å². The number of nitrogens with one attached hydrogen (secondary N) is 1. The summed E-state index contributed by atoms with van der Waals surface area (Å²) in [5.41, 5.74) is 0. The molecule has 0 amide bonds. The second kappa shape index (κ2) is 6.20. The summed E-state index contributed by atoms with van der Waals surface area (Å²) in [7, 11) is 0. The van der Waals surface area contributed by atoms with Gasteiger partial charge in [-0.05, 0) is 38.1 Å². The van der Waals surface area contributed by atoms with Gasteiger partial charge in [0.2, 0.25) is 0 Å². The number of rotatable bonds is 8. The first-order valence-electron chi connectivity index (χ1n) is 7.08. The maximum absolute atomic E-state index is 4.52. The van der Waals surface area contributed by atoms with Crippen LogP contribution >= 0.6 is 0 Å². The predicted octanol–water partition coefficient (Wildman–Crippen LogP) is 2.61. The van der Waals surface area contributed by atoms with Gasteiger partial charge in [0.25, 0.3) is 0 Å². The van der Waals surface area contributed by atoms with Crippen LogP contribution in [0.1, 0.15) is 45.4 Å². The molecule has 1 unspecified atom stereocenters. The SMILES string of the molecule is CCCNC(Cc1nccn1CCC)C1CC1. The summed E-state index contributed by atoms with van der Waals surface area (Å²) in [5, 5.41) is 3.69. The summed E-state index contributed by atoms with van der Waals surface area (Å²) in [5.74, 6) is 2.15. The van der Waals surface area contributed by atoms with Gasteiger partial charge in [0.05, 0.1) is 0 Å². The second-order valence-corrected chi connectivity index (χ2v) is 5.14. The number of hydrogen-bond acceptors (Lipinski definition) is 2. The molecule has 1 aromatic heterocycles. The van der Waals surface area contributed by atoms with Crippen LogP contribution in [0.25, 0.3) is 0 Å². The molecule has 0 aromatic carbocycles. The quantitative estimate of drug-likeness (QED) is 0.750. The van der Waals surface area contributed by atoms with E-state index in [1.54, 1.807) is 0 Å². The van der Waals surface area contributed by atoms with Crippen LogP contribution in [-0.2, 0) is 13.0 Å². The highest BCUT2D eigenvalue weighted by molar-refractivity contribution is 4.99. The maximum atomic E-state index is 4.52. The Morgan fingerprint density at radius 3 is 2.88 bits per heavy atom. The molecular weight excluding hydrogens is 210 g/mol. The Labute approximate surface area is 105 Å². The van der Waals surface area contributed by atoms with E-state index in [0.29, 0.717) is 6.04 Å². The summed E-state index contributed by atoms with van der Waals surface area (Å²) in [4.78, 5) is 4.52. The largest absolute Gasteiger partial charge is 0.335 e. The van der Waals surface area contributed by atoms with Gasteiger partial charge in [-0.3, -0.25) is 0 Å². The Bertz CT molecular complexity index is 328. The summed E-state index contributed by atoms with van der Waals surface area (Å²) < 4.78 is 2.31. The van der Waals surface area contributed by atoms with Gasteiger partial charge in [-0.15, -0.1) is 0 Å². The Morgan fingerprint density at radius 1 is 1.41 bits per heavy atom. The normalized spacial score (nSPS) is 17.3. The summed E-state index contributed by atoms with van der Waals surface area (Å²) in [6, 6.07) is 0.646. The van der Waals surface area contributed by atoms with Crippen LogP contribution in [0.5, 0.6) is 0 Å². The van der Waals surface area contributed by atoms with E-state index in [0.717, 1.165) is 25.4 Å². The van der Waals surface area contributed by atoms with Crippen molar-refractivity contribution in [2.45, 2.75) is 58.5 Å². The Balaban J connectivity index is 1.93. The van der Waals surface area contributed by atoms with Gasteiger partial charge in [-0.1, -0.05) is 13.8 Å². The van der Waals surface area contributed by atoms with Crippen molar-refractivity contribution in [2.75, 3.05) is 6.54 Å². The van der Waals surface area contributed by atoms with E-state index < -0.39 is 0 Å². The molecule has 1 atom stereocenters. The van der Waals surface area contributed by atoms with Crippen LogP contribution in [0, 0.1) is 5.92 Å².